The average Bonchev–Trinajstić information content (AvgIpc) is 2.03. The lowest BCUT2D eigenvalue weighted by atomic mass is 10.3. The number of nitrogens with zero attached hydrogens (tertiary/aromatic N) is 1. The summed E-state index contributed by atoms with van der Waals surface area (Å²) < 4.78 is 0. The van der Waals surface area contributed by atoms with Gasteiger partial charge in [0.25, 0.3) is 0 Å². The number of hydrogen-bond acceptors (Lipinski definition) is 2. The predicted octanol–water partition coefficient (Wildman–Crippen LogP) is 1.88. The van der Waals surface area contributed by atoms with Crippen LogP contribution >= 0.6 is 0 Å². The first-order valence-corrected chi connectivity index (χ1v) is 3.91. The lowest BCUT2D eigenvalue weighted by Gasteiger charge is -2.08. The molecule has 0 aliphatic heterocycles. The molecule has 1 aromatic rings. The van der Waals surface area contributed by atoms with E-state index in [1.54, 1.807) is 6.20 Å². The molecule has 0 aliphatic carbocycles. The van der Waals surface area contributed by atoms with E-state index < -0.39 is 0 Å². The standard InChI is InChI=1S/C10H12N2/c1-4-9-7-10(5-6-11-9)12-8(2)3/h1,5-8H,2-3H3,(H,11,12). The number of nitrogens with one attached hydrogen (secondary N) is 1. The summed E-state index contributed by atoms with van der Waals surface area (Å²) >= 11 is 0. The summed E-state index contributed by atoms with van der Waals surface area (Å²) in [6.07, 6.45) is 6.92. The van der Waals surface area contributed by atoms with Crippen molar-refractivity contribution in [1.29, 1.82) is 0 Å². The van der Waals surface area contributed by atoms with Gasteiger partial charge in [0, 0.05) is 17.9 Å². The van der Waals surface area contributed by atoms with E-state index in [9.17, 15) is 0 Å². The van der Waals surface area contributed by atoms with Crippen LogP contribution in [0.25, 0.3) is 0 Å². The van der Waals surface area contributed by atoms with E-state index in [2.05, 4.69) is 30.1 Å². The van der Waals surface area contributed by atoms with Gasteiger partial charge in [-0.05, 0) is 26.0 Å². The van der Waals surface area contributed by atoms with Crippen LogP contribution in [0.2, 0.25) is 0 Å². The van der Waals surface area contributed by atoms with Gasteiger partial charge in [-0.2, -0.15) is 0 Å². The molecule has 0 amide bonds. The molecule has 62 valence electrons. The minimum Gasteiger partial charge on any atom is -0.383 e. The highest BCUT2D eigenvalue weighted by molar-refractivity contribution is 5.46. The Labute approximate surface area is 73.0 Å². The van der Waals surface area contributed by atoms with Gasteiger partial charge < -0.3 is 5.32 Å². The minimum absolute atomic E-state index is 0.415. The van der Waals surface area contributed by atoms with Crippen LogP contribution in [-0.2, 0) is 0 Å². The van der Waals surface area contributed by atoms with Crippen molar-refractivity contribution in [1.82, 2.24) is 4.98 Å². The molecule has 12 heavy (non-hydrogen) atoms. The molecular formula is C10H12N2. The van der Waals surface area contributed by atoms with Crippen molar-refractivity contribution in [3.05, 3.63) is 24.0 Å². The van der Waals surface area contributed by atoms with Crippen molar-refractivity contribution in [3.8, 4) is 12.3 Å². The van der Waals surface area contributed by atoms with Crippen LogP contribution < -0.4 is 5.32 Å². The van der Waals surface area contributed by atoms with Gasteiger partial charge in [0.1, 0.15) is 5.69 Å². The first-order valence-electron chi connectivity index (χ1n) is 3.91. The van der Waals surface area contributed by atoms with Gasteiger partial charge >= 0.3 is 0 Å². The third-order valence-corrected chi connectivity index (χ3v) is 1.36. The van der Waals surface area contributed by atoms with Crippen molar-refractivity contribution < 1.29 is 0 Å². The molecule has 0 fully saturated rings. The summed E-state index contributed by atoms with van der Waals surface area (Å²) in [5, 5.41) is 3.24. The molecule has 1 rings (SSSR count). The fraction of sp³-hybridized carbons (Fsp3) is 0.300. The Bertz CT molecular complexity index is 297. The fourth-order valence-corrected chi connectivity index (χ4v) is 0.933. The topological polar surface area (TPSA) is 24.9 Å². The quantitative estimate of drug-likeness (QED) is 0.668. The van der Waals surface area contributed by atoms with E-state index in [4.69, 9.17) is 6.42 Å². The summed E-state index contributed by atoms with van der Waals surface area (Å²) in [4.78, 5) is 3.99. The fourth-order valence-electron chi connectivity index (χ4n) is 0.933. The zero-order valence-corrected chi connectivity index (χ0v) is 7.33. The Morgan fingerprint density at radius 3 is 2.92 bits per heavy atom. The van der Waals surface area contributed by atoms with Crippen molar-refractivity contribution in [2.75, 3.05) is 5.32 Å². The molecule has 1 N–H and O–H groups in total. The van der Waals surface area contributed by atoms with Gasteiger partial charge in [0.15, 0.2) is 0 Å². The maximum atomic E-state index is 5.21. The number of rotatable bonds is 2. The zero-order chi connectivity index (χ0) is 8.97. The Morgan fingerprint density at radius 1 is 1.58 bits per heavy atom. The molecule has 0 saturated heterocycles. The summed E-state index contributed by atoms with van der Waals surface area (Å²) in [5.74, 6) is 2.49. The van der Waals surface area contributed by atoms with Gasteiger partial charge in [-0.1, -0.05) is 5.92 Å². The second-order valence-corrected chi connectivity index (χ2v) is 2.87. The van der Waals surface area contributed by atoms with Crippen LogP contribution in [0, 0.1) is 12.3 Å². The largest absolute Gasteiger partial charge is 0.383 e. The van der Waals surface area contributed by atoms with Gasteiger partial charge in [-0.15, -0.1) is 6.42 Å². The minimum atomic E-state index is 0.415. The maximum absolute atomic E-state index is 5.21. The van der Waals surface area contributed by atoms with E-state index in [-0.39, 0.29) is 0 Å². The van der Waals surface area contributed by atoms with Crippen molar-refractivity contribution in [3.63, 3.8) is 0 Å². The Kier molecular flexibility index (Phi) is 2.71. The molecule has 0 radical (unpaired) electrons. The lowest BCUT2D eigenvalue weighted by molar-refractivity contribution is 0.898. The van der Waals surface area contributed by atoms with E-state index in [1.807, 2.05) is 12.1 Å². The van der Waals surface area contributed by atoms with E-state index in [0.717, 1.165) is 5.69 Å². The second kappa shape index (κ2) is 3.77. The maximum Gasteiger partial charge on any atom is 0.114 e. The molecule has 1 heterocycles. The third kappa shape index (κ3) is 2.28. The molecule has 2 heteroatoms. The number of hydrogen-bond donors (Lipinski definition) is 1. The van der Waals surface area contributed by atoms with Crippen LogP contribution in [-0.4, -0.2) is 11.0 Å². The summed E-state index contributed by atoms with van der Waals surface area (Å²) in [5.41, 5.74) is 1.69. The van der Waals surface area contributed by atoms with Crippen LogP contribution in [0.1, 0.15) is 19.5 Å². The van der Waals surface area contributed by atoms with Gasteiger partial charge in [0.2, 0.25) is 0 Å². The molecule has 0 unspecified atom stereocenters. The number of pyridine rings is 1. The zero-order valence-electron chi connectivity index (χ0n) is 7.33. The number of anilines is 1. The highest BCUT2D eigenvalue weighted by Crippen LogP contribution is 2.07. The Balaban J connectivity index is 2.81. The predicted molar refractivity (Wildman–Crippen MR) is 50.9 cm³/mol. The Morgan fingerprint density at radius 2 is 2.33 bits per heavy atom. The Hall–Kier alpha value is -1.49. The highest BCUT2D eigenvalue weighted by atomic mass is 14.9. The first kappa shape index (κ1) is 8.61. The van der Waals surface area contributed by atoms with Crippen molar-refractivity contribution >= 4 is 5.69 Å². The molecule has 1 aromatic heterocycles. The van der Waals surface area contributed by atoms with Crippen LogP contribution in [0.15, 0.2) is 18.3 Å². The van der Waals surface area contributed by atoms with Gasteiger partial charge in [-0.25, -0.2) is 4.98 Å². The van der Waals surface area contributed by atoms with E-state index in [0.29, 0.717) is 11.7 Å². The molecule has 0 spiro atoms. The monoisotopic (exact) mass is 160 g/mol. The smallest absolute Gasteiger partial charge is 0.114 e. The number of aromatic nitrogens is 1. The molecule has 0 atom stereocenters. The average molecular weight is 160 g/mol. The summed E-state index contributed by atoms with van der Waals surface area (Å²) in [7, 11) is 0. The number of terminal acetylenes is 1. The summed E-state index contributed by atoms with van der Waals surface area (Å²) in [6, 6.07) is 4.18. The van der Waals surface area contributed by atoms with Crippen molar-refractivity contribution in [2.24, 2.45) is 0 Å². The lowest BCUT2D eigenvalue weighted by Crippen LogP contribution is -2.09. The van der Waals surface area contributed by atoms with Crippen LogP contribution in [0.4, 0.5) is 5.69 Å². The van der Waals surface area contributed by atoms with Crippen LogP contribution in [0.5, 0.6) is 0 Å². The van der Waals surface area contributed by atoms with E-state index in [1.165, 1.54) is 0 Å². The highest BCUT2D eigenvalue weighted by Gasteiger charge is 1.95. The van der Waals surface area contributed by atoms with E-state index >= 15 is 0 Å². The third-order valence-electron chi connectivity index (χ3n) is 1.36. The SMILES string of the molecule is C#Cc1cc(NC(C)C)ccn1. The first-order chi connectivity index (χ1) is 5.72. The second-order valence-electron chi connectivity index (χ2n) is 2.87. The summed E-state index contributed by atoms with van der Waals surface area (Å²) in [6.45, 7) is 4.16. The normalized spacial score (nSPS) is 9.50. The van der Waals surface area contributed by atoms with Gasteiger partial charge in [-0.3, -0.25) is 0 Å². The molecular weight excluding hydrogens is 148 g/mol. The van der Waals surface area contributed by atoms with Crippen LogP contribution in [0.3, 0.4) is 0 Å². The molecule has 0 bridgehead atoms. The molecule has 0 aromatic carbocycles. The molecule has 2 nitrogen and oxygen atoms in total. The van der Waals surface area contributed by atoms with Gasteiger partial charge in [0.05, 0.1) is 0 Å². The molecule has 0 saturated carbocycles. The van der Waals surface area contributed by atoms with Crippen molar-refractivity contribution in [2.45, 2.75) is 19.9 Å². The molecule has 0 aliphatic rings.